The maximum Gasteiger partial charge on any atom is 0.404 e. The smallest absolute Gasteiger partial charge is 0.404 e. The molecule has 2 aromatic carbocycles. The fraction of sp³-hybridized carbons (Fsp3) is 0.227. The highest BCUT2D eigenvalue weighted by molar-refractivity contribution is 7.92. The second kappa shape index (κ2) is 10.3. The summed E-state index contributed by atoms with van der Waals surface area (Å²) < 4.78 is 50.6. The summed E-state index contributed by atoms with van der Waals surface area (Å²) >= 11 is 1.15. The second-order valence-electron chi connectivity index (χ2n) is 7.33. The molecule has 0 spiro atoms. The van der Waals surface area contributed by atoms with Gasteiger partial charge < -0.3 is 29.2 Å². The molecule has 0 saturated carbocycles. The van der Waals surface area contributed by atoms with E-state index in [9.17, 15) is 13.2 Å². The van der Waals surface area contributed by atoms with Gasteiger partial charge in [-0.3, -0.25) is 4.72 Å². The number of anilines is 1. The van der Waals surface area contributed by atoms with Crippen molar-refractivity contribution >= 4 is 44.2 Å². The standard InChI is InChI=1S/C22H22N4O8S2/c1-4-12-5-6-15(31-2)19(7-12)36(29,30)26-20-14-8-17(32-3)18(9-16(14)34-25-20)33-22-24-11-13(35-22)10-23-21(27)28/h5-9,11,23H,4,10H2,1-3H3,(H,25,26)(H,27,28). The summed E-state index contributed by atoms with van der Waals surface area (Å²) in [4.78, 5) is 15.4. The topological polar surface area (TPSA) is 162 Å². The number of aromatic nitrogens is 2. The highest BCUT2D eigenvalue weighted by atomic mass is 32.2. The zero-order valence-electron chi connectivity index (χ0n) is 19.4. The van der Waals surface area contributed by atoms with E-state index in [4.69, 9.17) is 23.8 Å². The van der Waals surface area contributed by atoms with Gasteiger partial charge in [0.2, 0.25) is 0 Å². The van der Waals surface area contributed by atoms with E-state index in [0.29, 0.717) is 16.7 Å². The molecule has 0 radical (unpaired) electrons. The number of rotatable bonds is 10. The van der Waals surface area contributed by atoms with Gasteiger partial charge in [-0.2, -0.15) is 0 Å². The summed E-state index contributed by atoms with van der Waals surface area (Å²) in [5, 5.41) is 15.5. The third kappa shape index (κ3) is 5.28. The molecule has 0 aliphatic rings. The number of carbonyl (C=O) groups is 1. The lowest BCUT2D eigenvalue weighted by molar-refractivity contribution is 0.194. The van der Waals surface area contributed by atoms with Crippen LogP contribution >= 0.6 is 11.3 Å². The number of hydrogen-bond acceptors (Lipinski definition) is 10. The lowest BCUT2D eigenvalue weighted by Crippen LogP contribution is -2.19. The maximum atomic E-state index is 13.2. The number of nitrogens with one attached hydrogen (secondary N) is 2. The van der Waals surface area contributed by atoms with Gasteiger partial charge in [-0.25, -0.2) is 18.2 Å². The Labute approximate surface area is 209 Å². The molecule has 36 heavy (non-hydrogen) atoms. The minimum atomic E-state index is -4.06. The van der Waals surface area contributed by atoms with E-state index >= 15 is 0 Å². The number of carboxylic acid groups (broad SMARTS) is 1. The Morgan fingerprint density at radius 1 is 1.14 bits per heavy atom. The summed E-state index contributed by atoms with van der Waals surface area (Å²) in [7, 11) is -1.24. The molecule has 0 fully saturated rings. The molecule has 2 heterocycles. The van der Waals surface area contributed by atoms with Crippen molar-refractivity contribution < 1.29 is 37.1 Å². The van der Waals surface area contributed by atoms with Crippen molar-refractivity contribution in [1.82, 2.24) is 15.5 Å². The minimum absolute atomic E-state index is 0.0237. The number of benzene rings is 2. The summed E-state index contributed by atoms with van der Waals surface area (Å²) in [6.45, 7) is 2.01. The number of nitrogens with zero attached hydrogens (tertiary/aromatic N) is 2. The summed E-state index contributed by atoms with van der Waals surface area (Å²) in [5.74, 6) is 0.689. The van der Waals surface area contributed by atoms with Gasteiger partial charge in [-0.05, 0) is 30.2 Å². The molecule has 2 aromatic heterocycles. The molecule has 4 aromatic rings. The van der Waals surface area contributed by atoms with Crippen LogP contribution in [-0.4, -0.2) is 44.0 Å². The van der Waals surface area contributed by atoms with Crippen LogP contribution in [-0.2, 0) is 23.0 Å². The molecule has 3 N–H and O–H groups in total. The molecular weight excluding hydrogens is 512 g/mol. The predicted octanol–water partition coefficient (Wildman–Crippen LogP) is 4.22. The lowest BCUT2D eigenvalue weighted by Gasteiger charge is -2.12. The van der Waals surface area contributed by atoms with Crippen molar-refractivity contribution in [1.29, 1.82) is 0 Å². The van der Waals surface area contributed by atoms with E-state index < -0.39 is 16.1 Å². The molecule has 0 aliphatic heterocycles. The van der Waals surface area contributed by atoms with E-state index in [-0.39, 0.29) is 45.3 Å². The number of ether oxygens (including phenoxy) is 3. The van der Waals surface area contributed by atoms with E-state index in [1.54, 1.807) is 18.2 Å². The Morgan fingerprint density at radius 2 is 1.92 bits per heavy atom. The van der Waals surface area contributed by atoms with Crippen molar-refractivity contribution in [3.8, 4) is 22.4 Å². The van der Waals surface area contributed by atoms with Gasteiger partial charge in [0.05, 0.1) is 26.2 Å². The number of methoxy groups -OCH3 is 2. The maximum absolute atomic E-state index is 13.2. The van der Waals surface area contributed by atoms with E-state index in [1.807, 2.05) is 6.92 Å². The van der Waals surface area contributed by atoms with Gasteiger partial charge in [-0.15, -0.1) is 0 Å². The molecule has 0 atom stereocenters. The third-order valence-electron chi connectivity index (χ3n) is 5.06. The van der Waals surface area contributed by atoms with Crippen LogP contribution in [0.25, 0.3) is 11.0 Å². The highest BCUT2D eigenvalue weighted by Gasteiger charge is 2.24. The van der Waals surface area contributed by atoms with Crippen LogP contribution in [0.5, 0.6) is 22.4 Å². The van der Waals surface area contributed by atoms with Crippen LogP contribution < -0.4 is 24.2 Å². The van der Waals surface area contributed by atoms with Crippen LogP contribution in [0.4, 0.5) is 10.6 Å². The normalized spacial score (nSPS) is 11.3. The fourth-order valence-electron chi connectivity index (χ4n) is 3.27. The Morgan fingerprint density at radius 3 is 2.61 bits per heavy atom. The number of hydrogen-bond donors (Lipinski definition) is 3. The van der Waals surface area contributed by atoms with Crippen molar-refractivity contribution in [2.24, 2.45) is 0 Å². The zero-order chi connectivity index (χ0) is 25.9. The molecule has 0 aliphatic carbocycles. The Hall–Kier alpha value is -4.04. The van der Waals surface area contributed by atoms with E-state index in [2.05, 4.69) is 20.2 Å². The largest absolute Gasteiger partial charge is 0.495 e. The molecule has 1 amide bonds. The van der Waals surface area contributed by atoms with Crippen molar-refractivity contribution in [3.63, 3.8) is 0 Å². The van der Waals surface area contributed by atoms with Gasteiger partial charge in [-0.1, -0.05) is 29.5 Å². The first-order valence-electron chi connectivity index (χ1n) is 10.5. The van der Waals surface area contributed by atoms with E-state index in [1.165, 1.54) is 32.5 Å². The van der Waals surface area contributed by atoms with Crippen LogP contribution in [0, 0.1) is 0 Å². The van der Waals surface area contributed by atoms with Gasteiger partial charge in [0.25, 0.3) is 15.2 Å². The third-order valence-corrected chi connectivity index (χ3v) is 7.29. The van der Waals surface area contributed by atoms with Gasteiger partial charge >= 0.3 is 6.09 Å². The average molecular weight is 535 g/mol. The second-order valence-corrected chi connectivity index (χ2v) is 10.1. The van der Waals surface area contributed by atoms with Crippen LogP contribution in [0.2, 0.25) is 0 Å². The molecule has 0 saturated heterocycles. The van der Waals surface area contributed by atoms with Gasteiger partial charge in [0, 0.05) is 17.1 Å². The van der Waals surface area contributed by atoms with Gasteiger partial charge in [0.1, 0.15) is 10.6 Å². The lowest BCUT2D eigenvalue weighted by atomic mass is 10.2. The number of sulfonamides is 1. The first kappa shape index (κ1) is 25.1. The number of aryl methyl sites for hydroxylation is 1. The molecule has 0 unspecified atom stereocenters. The number of fused-ring (bicyclic) bond motifs is 1. The fourth-order valence-corrected chi connectivity index (χ4v) is 5.21. The molecule has 12 nitrogen and oxygen atoms in total. The van der Waals surface area contributed by atoms with Crippen LogP contribution in [0.1, 0.15) is 17.4 Å². The van der Waals surface area contributed by atoms with Crippen LogP contribution in [0.3, 0.4) is 0 Å². The monoisotopic (exact) mass is 534 g/mol. The molecule has 14 heteroatoms. The summed E-state index contributed by atoms with van der Waals surface area (Å²) in [6.07, 6.45) is 0.992. The Kier molecular flexibility index (Phi) is 7.17. The summed E-state index contributed by atoms with van der Waals surface area (Å²) in [5.41, 5.74) is 1.07. The number of thiazole rings is 1. The zero-order valence-corrected chi connectivity index (χ0v) is 21.0. The average Bonchev–Trinajstić information content (AvgIpc) is 3.47. The minimum Gasteiger partial charge on any atom is -0.495 e. The highest BCUT2D eigenvalue weighted by Crippen LogP contribution is 2.39. The molecular formula is C22H22N4O8S2. The van der Waals surface area contributed by atoms with E-state index in [0.717, 1.165) is 16.9 Å². The molecule has 0 bridgehead atoms. The molecule has 4 rings (SSSR count). The number of amides is 1. The first-order chi connectivity index (χ1) is 17.2. The van der Waals surface area contributed by atoms with Crippen molar-refractivity contribution in [2.45, 2.75) is 24.8 Å². The van der Waals surface area contributed by atoms with Gasteiger partial charge in [0.15, 0.2) is 22.9 Å². The first-order valence-corrected chi connectivity index (χ1v) is 12.8. The van der Waals surface area contributed by atoms with Crippen molar-refractivity contribution in [3.05, 3.63) is 47.0 Å². The Bertz CT molecular complexity index is 1510. The molecule has 190 valence electrons. The summed E-state index contributed by atoms with van der Waals surface area (Å²) in [6, 6.07) is 7.96. The quantitative estimate of drug-likeness (QED) is 0.268. The Balaban J connectivity index is 1.62. The van der Waals surface area contributed by atoms with Crippen LogP contribution in [0.15, 0.2) is 45.9 Å². The van der Waals surface area contributed by atoms with Crippen molar-refractivity contribution in [2.75, 3.05) is 18.9 Å². The SMILES string of the molecule is CCc1ccc(OC)c(S(=O)(=O)Nc2noc3cc(Oc4ncc(CNC(=O)O)s4)c(OC)cc23)c1. The predicted molar refractivity (Wildman–Crippen MR) is 131 cm³/mol.